The molecule has 154 valence electrons. The number of nitrogens with zero attached hydrogens (tertiary/aromatic N) is 3. The molecular formula is C22H27N3O4. The summed E-state index contributed by atoms with van der Waals surface area (Å²) in [5, 5.41) is 0. The van der Waals surface area contributed by atoms with E-state index >= 15 is 0 Å². The predicted octanol–water partition coefficient (Wildman–Crippen LogP) is 2.94. The Morgan fingerprint density at radius 1 is 1.17 bits per heavy atom. The summed E-state index contributed by atoms with van der Waals surface area (Å²) in [4.78, 5) is 23.0. The molecule has 4 rings (SSSR count). The van der Waals surface area contributed by atoms with Crippen LogP contribution in [0.15, 0.2) is 30.6 Å². The maximum atomic E-state index is 12.7. The Hall–Kier alpha value is -2.83. The van der Waals surface area contributed by atoms with Crippen molar-refractivity contribution in [2.45, 2.75) is 39.2 Å². The predicted molar refractivity (Wildman–Crippen MR) is 107 cm³/mol. The Kier molecular flexibility index (Phi) is 5.83. The number of carbonyl (C=O) groups is 1. The largest absolute Gasteiger partial charge is 0.486 e. The van der Waals surface area contributed by atoms with Gasteiger partial charge in [0.2, 0.25) is 11.8 Å². The summed E-state index contributed by atoms with van der Waals surface area (Å²) in [5.74, 6) is 2.66. The fourth-order valence-corrected chi connectivity index (χ4v) is 3.70. The van der Waals surface area contributed by atoms with Gasteiger partial charge in [-0.25, -0.2) is 9.97 Å². The first-order valence-corrected chi connectivity index (χ1v) is 10.2. The number of carbonyl (C=O) groups excluding carboxylic acids is 1. The summed E-state index contributed by atoms with van der Waals surface area (Å²) in [6.45, 7) is 6.45. The van der Waals surface area contributed by atoms with Crippen molar-refractivity contribution >= 4 is 5.91 Å². The molecule has 0 N–H and O–H groups in total. The fourth-order valence-electron chi connectivity index (χ4n) is 3.70. The number of ether oxygens (including phenoxy) is 3. The smallest absolute Gasteiger partial charge is 0.226 e. The number of benzene rings is 1. The van der Waals surface area contributed by atoms with E-state index in [4.69, 9.17) is 14.2 Å². The lowest BCUT2D eigenvalue weighted by Gasteiger charge is -2.33. The number of hydrogen-bond donors (Lipinski definition) is 0. The molecule has 1 unspecified atom stereocenters. The van der Waals surface area contributed by atoms with Crippen LogP contribution in [0, 0.1) is 19.8 Å². The van der Waals surface area contributed by atoms with Crippen molar-refractivity contribution in [1.29, 1.82) is 0 Å². The van der Waals surface area contributed by atoms with E-state index in [1.165, 1.54) is 6.33 Å². The number of piperidine rings is 1. The van der Waals surface area contributed by atoms with Crippen LogP contribution in [-0.2, 0) is 4.79 Å². The highest BCUT2D eigenvalue weighted by Gasteiger charge is 2.28. The van der Waals surface area contributed by atoms with Crippen LogP contribution in [0.25, 0.3) is 0 Å². The van der Waals surface area contributed by atoms with Crippen LogP contribution >= 0.6 is 0 Å². The lowest BCUT2D eigenvalue weighted by molar-refractivity contribution is -0.135. The third-order valence-corrected chi connectivity index (χ3v) is 5.68. The number of amides is 1. The summed E-state index contributed by atoms with van der Waals surface area (Å²) in [6, 6.07) is 7.57. The Balaban J connectivity index is 1.22. The Morgan fingerprint density at radius 3 is 2.72 bits per heavy atom. The molecule has 0 aliphatic carbocycles. The summed E-state index contributed by atoms with van der Waals surface area (Å²) in [5.41, 5.74) is 1.92. The van der Waals surface area contributed by atoms with Crippen LogP contribution in [0.5, 0.6) is 17.4 Å². The first-order valence-electron chi connectivity index (χ1n) is 10.2. The van der Waals surface area contributed by atoms with Crippen LogP contribution in [0.4, 0.5) is 0 Å². The highest BCUT2D eigenvalue weighted by molar-refractivity contribution is 5.77. The zero-order valence-corrected chi connectivity index (χ0v) is 17.0. The van der Waals surface area contributed by atoms with Crippen LogP contribution in [0.3, 0.4) is 0 Å². The SMILES string of the molecule is Cc1ncnc(OCC2CCN(C(=O)CC3COc4ccccc4O3)CC2)c1C. The Morgan fingerprint density at radius 2 is 1.93 bits per heavy atom. The van der Waals surface area contributed by atoms with Crippen molar-refractivity contribution in [3.05, 3.63) is 41.9 Å². The number of para-hydroxylation sites is 2. The summed E-state index contributed by atoms with van der Waals surface area (Å²) in [6.07, 6.45) is 3.50. The number of aromatic nitrogens is 2. The van der Waals surface area contributed by atoms with E-state index in [0.717, 1.165) is 42.9 Å². The molecule has 0 radical (unpaired) electrons. The van der Waals surface area contributed by atoms with Gasteiger partial charge in [-0.1, -0.05) is 12.1 Å². The maximum absolute atomic E-state index is 12.7. The fraction of sp³-hybridized carbons (Fsp3) is 0.500. The molecule has 0 saturated carbocycles. The van der Waals surface area contributed by atoms with E-state index in [1.807, 2.05) is 43.0 Å². The van der Waals surface area contributed by atoms with Gasteiger partial charge in [-0.05, 0) is 44.7 Å². The molecule has 0 spiro atoms. The average Bonchev–Trinajstić information content (AvgIpc) is 2.75. The normalized spacial score (nSPS) is 19.1. The highest BCUT2D eigenvalue weighted by atomic mass is 16.6. The zero-order valence-electron chi connectivity index (χ0n) is 17.0. The van der Waals surface area contributed by atoms with Crippen LogP contribution in [0.1, 0.15) is 30.5 Å². The topological polar surface area (TPSA) is 73.8 Å². The number of fused-ring (bicyclic) bond motifs is 1. The lowest BCUT2D eigenvalue weighted by atomic mass is 9.97. The molecule has 7 heteroatoms. The molecule has 0 bridgehead atoms. The lowest BCUT2D eigenvalue weighted by Crippen LogP contribution is -2.43. The highest BCUT2D eigenvalue weighted by Crippen LogP contribution is 2.32. The van der Waals surface area contributed by atoms with E-state index < -0.39 is 0 Å². The van der Waals surface area contributed by atoms with E-state index in [-0.39, 0.29) is 12.0 Å². The zero-order chi connectivity index (χ0) is 20.2. The van der Waals surface area contributed by atoms with Gasteiger partial charge in [0.1, 0.15) is 19.0 Å². The monoisotopic (exact) mass is 397 g/mol. The molecular weight excluding hydrogens is 370 g/mol. The molecule has 1 saturated heterocycles. The molecule has 2 aromatic rings. The van der Waals surface area contributed by atoms with Gasteiger partial charge < -0.3 is 19.1 Å². The van der Waals surface area contributed by atoms with Gasteiger partial charge >= 0.3 is 0 Å². The van der Waals surface area contributed by atoms with Crippen molar-refractivity contribution in [1.82, 2.24) is 14.9 Å². The number of hydrogen-bond acceptors (Lipinski definition) is 6. The van der Waals surface area contributed by atoms with Crippen LogP contribution in [-0.4, -0.2) is 53.2 Å². The van der Waals surface area contributed by atoms with Gasteiger partial charge in [0.05, 0.1) is 13.0 Å². The van der Waals surface area contributed by atoms with Gasteiger partial charge in [0.15, 0.2) is 11.5 Å². The maximum Gasteiger partial charge on any atom is 0.226 e. The van der Waals surface area contributed by atoms with Crippen molar-refractivity contribution in [2.75, 3.05) is 26.3 Å². The molecule has 2 aliphatic rings. The van der Waals surface area contributed by atoms with E-state index in [9.17, 15) is 4.79 Å². The third-order valence-electron chi connectivity index (χ3n) is 5.68. The van der Waals surface area contributed by atoms with Crippen LogP contribution in [0.2, 0.25) is 0 Å². The Bertz CT molecular complexity index is 865. The third kappa shape index (κ3) is 4.60. The second-order valence-corrected chi connectivity index (χ2v) is 7.73. The molecule has 1 aromatic carbocycles. The minimum Gasteiger partial charge on any atom is -0.486 e. The van der Waals surface area contributed by atoms with Gasteiger partial charge in [-0.3, -0.25) is 4.79 Å². The second kappa shape index (κ2) is 8.68. The Labute approximate surface area is 171 Å². The van der Waals surface area contributed by atoms with Gasteiger partial charge in [-0.2, -0.15) is 0 Å². The van der Waals surface area contributed by atoms with E-state index in [1.54, 1.807) is 0 Å². The number of aryl methyl sites for hydroxylation is 1. The molecule has 1 aromatic heterocycles. The first kappa shape index (κ1) is 19.5. The minimum atomic E-state index is -0.234. The second-order valence-electron chi connectivity index (χ2n) is 7.73. The molecule has 29 heavy (non-hydrogen) atoms. The van der Waals surface area contributed by atoms with Crippen molar-refractivity contribution in [3.63, 3.8) is 0 Å². The van der Waals surface area contributed by atoms with Gasteiger partial charge in [0, 0.05) is 24.3 Å². The summed E-state index contributed by atoms with van der Waals surface area (Å²) in [7, 11) is 0. The number of rotatable bonds is 5. The van der Waals surface area contributed by atoms with Gasteiger partial charge in [-0.15, -0.1) is 0 Å². The molecule has 7 nitrogen and oxygen atoms in total. The first-order chi connectivity index (χ1) is 14.1. The molecule has 1 fully saturated rings. The minimum absolute atomic E-state index is 0.125. The summed E-state index contributed by atoms with van der Waals surface area (Å²) < 4.78 is 17.5. The van der Waals surface area contributed by atoms with E-state index in [2.05, 4.69) is 9.97 Å². The van der Waals surface area contributed by atoms with E-state index in [0.29, 0.717) is 37.2 Å². The van der Waals surface area contributed by atoms with Crippen molar-refractivity contribution in [2.24, 2.45) is 5.92 Å². The quantitative estimate of drug-likeness (QED) is 0.772. The molecule has 1 amide bonds. The molecule has 1 atom stereocenters. The van der Waals surface area contributed by atoms with Crippen molar-refractivity contribution < 1.29 is 19.0 Å². The average molecular weight is 397 g/mol. The standard InChI is InChI=1S/C22H27N3O4/c1-15-16(2)23-14-24-22(15)28-12-17-7-9-25(10-8-17)21(26)11-18-13-27-19-5-3-4-6-20(19)29-18/h3-6,14,17-18H,7-13H2,1-2H3. The van der Waals surface area contributed by atoms with Gasteiger partial charge in [0.25, 0.3) is 0 Å². The molecule has 2 aliphatic heterocycles. The number of likely N-dealkylation sites (tertiary alicyclic amines) is 1. The molecule has 3 heterocycles. The van der Waals surface area contributed by atoms with Crippen molar-refractivity contribution in [3.8, 4) is 17.4 Å². The summed E-state index contributed by atoms with van der Waals surface area (Å²) >= 11 is 0. The van der Waals surface area contributed by atoms with Crippen LogP contribution < -0.4 is 14.2 Å².